The molecule has 0 spiro atoms. The fourth-order valence-corrected chi connectivity index (χ4v) is 2.32. The molecule has 1 aromatic rings. The van der Waals surface area contributed by atoms with Gasteiger partial charge in [0.15, 0.2) is 0 Å². The summed E-state index contributed by atoms with van der Waals surface area (Å²) in [5, 5.41) is 6.39. The minimum atomic E-state index is -0.314. The Hall–Kier alpha value is -1.55. The maximum atomic E-state index is 11.6. The summed E-state index contributed by atoms with van der Waals surface area (Å²) in [5.41, 5.74) is 1.01. The van der Waals surface area contributed by atoms with Crippen LogP contribution in [0.15, 0.2) is 30.3 Å². The second-order valence-electron chi connectivity index (χ2n) is 5.38. The Labute approximate surface area is 120 Å². The van der Waals surface area contributed by atoms with Gasteiger partial charge in [0.1, 0.15) is 6.61 Å². The van der Waals surface area contributed by atoms with Crippen molar-refractivity contribution in [3.8, 4) is 0 Å². The minimum absolute atomic E-state index is 0.261. The molecule has 0 aromatic heterocycles. The van der Waals surface area contributed by atoms with Gasteiger partial charge in [0.2, 0.25) is 0 Å². The smallest absolute Gasteiger partial charge is 0.407 e. The molecule has 0 bridgehead atoms. The highest BCUT2D eigenvalue weighted by Crippen LogP contribution is 2.20. The van der Waals surface area contributed by atoms with Crippen molar-refractivity contribution in [2.75, 3.05) is 6.54 Å². The van der Waals surface area contributed by atoms with Crippen LogP contribution in [0.3, 0.4) is 0 Å². The van der Waals surface area contributed by atoms with E-state index in [9.17, 15) is 4.79 Å². The average molecular weight is 276 g/mol. The Morgan fingerprint density at radius 2 is 2.00 bits per heavy atom. The molecule has 0 radical (unpaired) electrons. The van der Waals surface area contributed by atoms with Crippen LogP contribution in [0.5, 0.6) is 0 Å². The molecule has 1 fully saturated rings. The lowest BCUT2D eigenvalue weighted by molar-refractivity contribution is 0.125. The zero-order valence-electron chi connectivity index (χ0n) is 12.1. The van der Waals surface area contributed by atoms with Gasteiger partial charge in [0.25, 0.3) is 0 Å². The Bertz CT molecular complexity index is 402. The van der Waals surface area contributed by atoms with Crippen molar-refractivity contribution in [1.82, 2.24) is 10.6 Å². The van der Waals surface area contributed by atoms with Crippen LogP contribution in [-0.4, -0.2) is 24.7 Å². The van der Waals surface area contributed by atoms with Crippen LogP contribution in [0.1, 0.15) is 38.2 Å². The van der Waals surface area contributed by atoms with E-state index in [1.807, 2.05) is 30.3 Å². The molecule has 110 valence electrons. The number of hydrogen-bond acceptors (Lipinski definition) is 3. The number of carbonyl (C=O) groups excluding carboxylic acids is 1. The van der Waals surface area contributed by atoms with Crippen LogP contribution in [0, 0.1) is 0 Å². The standard InChI is InChI=1S/C16H24N2O2/c1-2-3-9-17-14-10-15(11-14)18-16(19)20-12-13-7-5-4-6-8-13/h4-8,14-15,17H,2-3,9-12H2,1H3,(H,18,19). The summed E-state index contributed by atoms with van der Waals surface area (Å²) in [6, 6.07) is 10.5. The molecule has 0 saturated heterocycles. The molecule has 20 heavy (non-hydrogen) atoms. The first kappa shape index (κ1) is 14.9. The third kappa shape index (κ3) is 4.85. The third-order valence-electron chi connectivity index (χ3n) is 3.64. The number of benzene rings is 1. The van der Waals surface area contributed by atoms with Crippen molar-refractivity contribution < 1.29 is 9.53 Å². The summed E-state index contributed by atoms with van der Waals surface area (Å²) in [7, 11) is 0. The van der Waals surface area contributed by atoms with E-state index in [4.69, 9.17) is 4.74 Å². The summed E-state index contributed by atoms with van der Waals surface area (Å²) >= 11 is 0. The molecule has 1 aliphatic rings. The van der Waals surface area contributed by atoms with Crippen LogP contribution in [0.25, 0.3) is 0 Å². The predicted octanol–water partition coefficient (Wildman–Crippen LogP) is 2.83. The molecule has 0 atom stereocenters. The first-order valence-corrected chi connectivity index (χ1v) is 7.48. The summed E-state index contributed by atoms with van der Waals surface area (Å²) in [5.74, 6) is 0. The van der Waals surface area contributed by atoms with Crippen LogP contribution in [0.2, 0.25) is 0 Å². The normalized spacial score (nSPS) is 21.1. The molecule has 4 heteroatoms. The summed E-state index contributed by atoms with van der Waals surface area (Å²) in [4.78, 5) is 11.6. The number of nitrogens with one attached hydrogen (secondary N) is 2. The number of carbonyl (C=O) groups is 1. The van der Waals surface area contributed by atoms with E-state index in [1.54, 1.807) is 0 Å². The highest BCUT2D eigenvalue weighted by atomic mass is 16.5. The third-order valence-corrected chi connectivity index (χ3v) is 3.64. The lowest BCUT2D eigenvalue weighted by Crippen LogP contribution is -2.52. The summed E-state index contributed by atoms with van der Waals surface area (Å²) in [6.45, 7) is 3.60. The van der Waals surface area contributed by atoms with Crippen molar-refractivity contribution in [2.24, 2.45) is 0 Å². The van der Waals surface area contributed by atoms with Crippen LogP contribution >= 0.6 is 0 Å². The van der Waals surface area contributed by atoms with Crippen molar-refractivity contribution in [3.05, 3.63) is 35.9 Å². The van der Waals surface area contributed by atoms with E-state index >= 15 is 0 Å². The SMILES string of the molecule is CCCCNC1CC(NC(=O)OCc2ccccc2)C1. The van der Waals surface area contributed by atoms with Crippen molar-refractivity contribution in [3.63, 3.8) is 0 Å². The van der Waals surface area contributed by atoms with Crippen molar-refractivity contribution in [1.29, 1.82) is 0 Å². The van der Waals surface area contributed by atoms with Gasteiger partial charge >= 0.3 is 6.09 Å². The molecule has 0 heterocycles. The van der Waals surface area contributed by atoms with Crippen molar-refractivity contribution >= 4 is 6.09 Å². The number of hydrogen-bond donors (Lipinski definition) is 2. The molecule has 1 amide bonds. The zero-order valence-corrected chi connectivity index (χ0v) is 12.1. The molecular formula is C16H24N2O2. The van der Waals surface area contributed by atoms with Gasteiger partial charge in [-0.25, -0.2) is 4.79 Å². The van der Waals surface area contributed by atoms with Crippen LogP contribution in [-0.2, 0) is 11.3 Å². The van der Waals surface area contributed by atoms with Gasteiger partial charge in [-0.05, 0) is 31.4 Å². The van der Waals surface area contributed by atoms with Gasteiger partial charge < -0.3 is 15.4 Å². The highest BCUT2D eigenvalue weighted by Gasteiger charge is 2.29. The zero-order chi connectivity index (χ0) is 14.2. The fraction of sp³-hybridized carbons (Fsp3) is 0.562. The molecular weight excluding hydrogens is 252 g/mol. The summed E-state index contributed by atoms with van der Waals surface area (Å²) < 4.78 is 5.20. The number of amides is 1. The van der Waals surface area contributed by atoms with Crippen molar-refractivity contribution in [2.45, 2.75) is 51.3 Å². The largest absolute Gasteiger partial charge is 0.445 e. The van der Waals surface area contributed by atoms with Gasteiger partial charge in [-0.2, -0.15) is 0 Å². The Morgan fingerprint density at radius 3 is 2.70 bits per heavy atom. The lowest BCUT2D eigenvalue weighted by atomic mass is 9.87. The van der Waals surface area contributed by atoms with Crippen LogP contribution < -0.4 is 10.6 Å². The second-order valence-corrected chi connectivity index (χ2v) is 5.38. The van der Waals surface area contributed by atoms with Gasteiger partial charge in [0.05, 0.1) is 0 Å². The lowest BCUT2D eigenvalue weighted by Gasteiger charge is -2.36. The van der Waals surface area contributed by atoms with Gasteiger partial charge in [0, 0.05) is 12.1 Å². The van der Waals surface area contributed by atoms with Crippen LogP contribution in [0.4, 0.5) is 4.79 Å². The first-order valence-electron chi connectivity index (χ1n) is 7.48. The maximum Gasteiger partial charge on any atom is 0.407 e. The number of alkyl carbamates (subject to hydrolysis) is 1. The average Bonchev–Trinajstić information content (AvgIpc) is 2.43. The molecule has 1 aromatic carbocycles. The Balaban J connectivity index is 1.55. The Kier molecular flexibility index (Phi) is 5.87. The maximum absolute atomic E-state index is 11.6. The van der Waals surface area contributed by atoms with E-state index in [0.717, 1.165) is 24.9 Å². The minimum Gasteiger partial charge on any atom is -0.445 e. The number of ether oxygens (including phenoxy) is 1. The molecule has 0 aliphatic heterocycles. The van der Waals surface area contributed by atoms with Gasteiger partial charge in [-0.15, -0.1) is 0 Å². The highest BCUT2D eigenvalue weighted by molar-refractivity contribution is 5.67. The molecule has 0 unspecified atom stereocenters. The number of rotatable bonds is 7. The molecule has 1 aliphatic carbocycles. The Morgan fingerprint density at radius 1 is 1.25 bits per heavy atom. The monoisotopic (exact) mass is 276 g/mol. The van der Waals surface area contributed by atoms with E-state index in [-0.39, 0.29) is 12.1 Å². The molecule has 4 nitrogen and oxygen atoms in total. The molecule has 2 rings (SSSR count). The van der Waals surface area contributed by atoms with E-state index < -0.39 is 0 Å². The predicted molar refractivity (Wildman–Crippen MR) is 79.5 cm³/mol. The fourth-order valence-electron chi connectivity index (χ4n) is 2.32. The van der Waals surface area contributed by atoms with E-state index in [1.165, 1.54) is 12.8 Å². The topological polar surface area (TPSA) is 50.4 Å². The quantitative estimate of drug-likeness (QED) is 0.753. The molecule has 1 saturated carbocycles. The van der Waals surface area contributed by atoms with Gasteiger partial charge in [-0.3, -0.25) is 0 Å². The summed E-state index contributed by atoms with van der Waals surface area (Å²) in [6.07, 6.45) is 4.13. The van der Waals surface area contributed by atoms with Gasteiger partial charge in [-0.1, -0.05) is 43.7 Å². The molecule has 2 N–H and O–H groups in total. The number of unbranched alkanes of at least 4 members (excludes halogenated alkanes) is 1. The second kappa shape index (κ2) is 7.90. The van der Waals surface area contributed by atoms with E-state index in [0.29, 0.717) is 12.6 Å². The van der Waals surface area contributed by atoms with E-state index in [2.05, 4.69) is 17.6 Å². The first-order chi connectivity index (χ1) is 9.78.